The summed E-state index contributed by atoms with van der Waals surface area (Å²) in [5.41, 5.74) is 6.20. The number of thiophene rings is 1. The van der Waals surface area contributed by atoms with E-state index < -0.39 is 0 Å². The molecule has 1 nitrogen and oxygen atoms in total. The second kappa shape index (κ2) is 4.11. The first-order chi connectivity index (χ1) is 6.27. The van der Waals surface area contributed by atoms with Crippen molar-refractivity contribution in [3.63, 3.8) is 0 Å². The molecule has 1 saturated carbocycles. The van der Waals surface area contributed by atoms with E-state index in [4.69, 9.17) is 5.73 Å². The first kappa shape index (κ1) is 9.69. The molecule has 0 unspecified atom stereocenters. The Morgan fingerprint density at radius 2 is 2.15 bits per heavy atom. The van der Waals surface area contributed by atoms with E-state index in [-0.39, 0.29) is 6.04 Å². The Bertz CT molecular complexity index is 278. The maximum Gasteiger partial charge on any atom is 0.0418 e. The van der Waals surface area contributed by atoms with Crippen LogP contribution in [0.1, 0.15) is 36.6 Å². The molecule has 13 heavy (non-hydrogen) atoms. The monoisotopic (exact) mass is 259 g/mol. The molecule has 0 saturated heterocycles. The second-order valence-electron chi connectivity index (χ2n) is 3.74. The number of halogens is 1. The van der Waals surface area contributed by atoms with Crippen LogP contribution in [0.5, 0.6) is 0 Å². The lowest BCUT2D eigenvalue weighted by Gasteiger charge is -2.16. The van der Waals surface area contributed by atoms with Gasteiger partial charge in [0.15, 0.2) is 0 Å². The Morgan fingerprint density at radius 1 is 1.46 bits per heavy atom. The van der Waals surface area contributed by atoms with Crippen molar-refractivity contribution in [2.75, 3.05) is 0 Å². The zero-order valence-corrected chi connectivity index (χ0v) is 9.90. The second-order valence-corrected chi connectivity index (χ2v) is 5.60. The molecular weight excluding hydrogens is 246 g/mol. The van der Waals surface area contributed by atoms with Crippen molar-refractivity contribution in [1.82, 2.24) is 0 Å². The van der Waals surface area contributed by atoms with E-state index >= 15 is 0 Å². The predicted octanol–water partition coefficient (Wildman–Crippen LogP) is 3.70. The highest BCUT2D eigenvalue weighted by Gasteiger charge is 2.23. The minimum absolute atomic E-state index is 0.277. The van der Waals surface area contributed by atoms with Crippen molar-refractivity contribution < 1.29 is 0 Å². The largest absolute Gasteiger partial charge is 0.323 e. The number of nitrogens with two attached hydrogens (primary N) is 1. The van der Waals surface area contributed by atoms with Crippen LogP contribution in [0.25, 0.3) is 0 Å². The molecular formula is C10H14BrNS. The SMILES string of the molecule is N[C@H](c1cc(Br)cs1)C1CCCC1. The van der Waals surface area contributed by atoms with Gasteiger partial charge in [-0.1, -0.05) is 12.8 Å². The summed E-state index contributed by atoms with van der Waals surface area (Å²) >= 11 is 5.24. The summed E-state index contributed by atoms with van der Waals surface area (Å²) in [6.45, 7) is 0. The van der Waals surface area contributed by atoms with Gasteiger partial charge in [-0.2, -0.15) is 0 Å². The molecule has 0 aliphatic heterocycles. The zero-order valence-electron chi connectivity index (χ0n) is 7.50. The quantitative estimate of drug-likeness (QED) is 0.862. The molecule has 72 valence electrons. The molecule has 0 spiro atoms. The first-order valence-electron chi connectivity index (χ1n) is 4.77. The molecule has 1 aliphatic carbocycles. The number of rotatable bonds is 2. The standard InChI is InChI=1S/C10H14BrNS/c11-8-5-9(13-6-8)10(12)7-3-1-2-4-7/h5-7,10H,1-4,12H2/t10-/m0/s1. The number of hydrogen-bond donors (Lipinski definition) is 1. The zero-order chi connectivity index (χ0) is 9.26. The fraction of sp³-hybridized carbons (Fsp3) is 0.600. The lowest BCUT2D eigenvalue weighted by molar-refractivity contribution is 0.450. The minimum Gasteiger partial charge on any atom is -0.323 e. The lowest BCUT2D eigenvalue weighted by Crippen LogP contribution is -2.17. The molecule has 1 atom stereocenters. The van der Waals surface area contributed by atoms with E-state index in [0.717, 1.165) is 5.92 Å². The van der Waals surface area contributed by atoms with E-state index in [1.807, 2.05) is 0 Å². The van der Waals surface area contributed by atoms with Gasteiger partial charge in [-0.25, -0.2) is 0 Å². The maximum atomic E-state index is 6.20. The van der Waals surface area contributed by atoms with E-state index in [0.29, 0.717) is 0 Å². The van der Waals surface area contributed by atoms with Crippen molar-refractivity contribution >= 4 is 27.3 Å². The third-order valence-electron chi connectivity index (χ3n) is 2.82. The van der Waals surface area contributed by atoms with Crippen LogP contribution in [0, 0.1) is 5.92 Å². The highest BCUT2D eigenvalue weighted by molar-refractivity contribution is 9.10. The summed E-state index contributed by atoms with van der Waals surface area (Å²) in [6.07, 6.45) is 5.36. The van der Waals surface area contributed by atoms with Crippen LogP contribution in [-0.4, -0.2) is 0 Å². The molecule has 1 fully saturated rings. The Balaban J connectivity index is 2.07. The van der Waals surface area contributed by atoms with Crippen LogP contribution in [0.15, 0.2) is 15.9 Å². The van der Waals surface area contributed by atoms with Gasteiger partial charge < -0.3 is 5.73 Å². The van der Waals surface area contributed by atoms with Gasteiger partial charge in [-0.15, -0.1) is 11.3 Å². The highest BCUT2D eigenvalue weighted by atomic mass is 79.9. The van der Waals surface area contributed by atoms with Gasteiger partial charge in [0.2, 0.25) is 0 Å². The van der Waals surface area contributed by atoms with Gasteiger partial charge in [0.25, 0.3) is 0 Å². The Labute approximate surface area is 91.5 Å². The van der Waals surface area contributed by atoms with Gasteiger partial charge in [0, 0.05) is 20.8 Å². The summed E-state index contributed by atoms with van der Waals surface area (Å²) < 4.78 is 1.17. The van der Waals surface area contributed by atoms with Crippen molar-refractivity contribution in [3.8, 4) is 0 Å². The maximum absolute atomic E-state index is 6.20. The smallest absolute Gasteiger partial charge is 0.0418 e. The molecule has 0 amide bonds. The molecule has 2 rings (SSSR count). The first-order valence-corrected chi connectivity index (χ1v) is 6.44. The van der Waals surface area contributed by atoms with Crippen molar-refractivity contribution in [2.24, 2.45) is 11.7 Å². The fourth-order valence-electron chi connectivity index (χ4n) is 2.05. The molecule has 0 radical (unpaired) electrons. The van der Waals surface area contributed by atoms with Crippen molar-refractivity contribution in [2.45, 2.75) is 31.7 Å². The van der Waals surface area contributed by atoms with E-state index in [1.54, 1.807) is 11.3 Å². The van der Waals surface area contributed by atoms with Crippen LogP contribution in [0.4, 0.5) is 0 Å². The van der Waals surface area contributed by atoms with Gasteiger partial charge in [-0.05, 0) is 40.8 Å². The molecule has 3 heteroatoms. The van der Waals surface area contributed by atoms with E-state index in [1.165, 1.54) is 35.0 Å². The van der Waals surface area contributed by atoms with Crippen LogP contribution >= 0.6 is 27.3 Å². The van der Waals surface area contributed by atoms with Crippen LogP contribution < -0.4 is 5.73 Å². The third-order valence-corrected chi connectivity index (χ3v) is 4.62. The predicted molar refractivity (Wildman–Crippen MR) is 60.9 cm³/mol. The van der Waals surface area contributed by atoms with Gasteiger partial charge in [0.05, 0.1) is 0 Å². The Morgan fingerprint density at radius 3 is 2.69 bits per heavy atom. The topological polar surface area (TPSA) is 26.0 Å². The minimum atomic E-state index is 0.277. The van der Waals surface area contributed by atoms with Gasteiger partial charge in [-0.3, -0.25) is 0 Å². The molecule has 1 heterocycles. The van der Waals surface area contributed by atoms with Crippen molar-refractivity contribution in [1.29, 1.82) is 0 Å². The third kappa shape index (κ3) is 2.14. The average molecular weight is 260 g/mol. The average Bonchev–Trinajstić information content (AvgIpc) is 2.72. The molecule has 0 aromatic carbocycles. The molecule has 1 aromatic heterocycles. The summed E-state index contributed by atoms with van der Waals surface area (Å²) in [6, 6.07) is 2.44. The summed E-state index contributed by atoms with van der Waals surface area (Å²) in [5, 5.41) is 2.12. The van der Waals surface area contributed by atoms with Crippen LogP contribution in [0.2, 0.25) is 0 Å². The van der Waals surface area contributed by atoms with Crippen molar-refractivity contribution in [3.05, 3.63) is 20.8 Å². The molecule has 1 aliphatic rings. The van der Waals surface area contributed by atoms with Crippen LogP contribution in [-0.2, 0) is 0 Å². The summed E-state index contributed by atoms with van der Waals surface area (Å²) in [7, 11) is 0. The Hall–Kier alpha value is 0.140. The summed E-state index contributed by atoms with van der Waals surface area (Å²) in [4.78, 5) is 1.33. The lowest BCUT2D eigenvalue weighted by atomic mass is 9.98. The summed E-state index contributed by atoms with van der Waals surface area (Å²) in [5.74, 6) is 0.727. The van der Waals surface area contributed by atoms with Gasteiger partial charge in [0.1, 0.15) is 0 Å². The Kier molecular flexibility index (Phi) is 3.06. The molecule has 0 bridgehead atoms. The van der Waals surface area contributed by atoms with E-state index in [9.17, 15) is 0 Å². The number of hydrogen-bond acceptors (Lipinski definition) is 2. The van der Waals surface area contributed by atoms with Gasteiger partial charge >= 0.3 is 0 Å². The van der Waals surface area contributed by atoms with Crippen LogP contribution in [0.3, 0.4) is 0 Å². The fourth-order valence-corrected chi connectivity index (χ4v) is 3.59. The molecule has 1 aromatic rings. The molecule has 2 N–H and O–H groups in total. The highest BCUT2D eigenvalue weighted by Crippen LogP contribution is 2.36. The normalized spacial score (nSPS) is 20.8. The van der Waals surface area contributed by atoms with E-state index in [2.05, 4.69) is 27.4 Å².